The topological polar surface area (TPSA) is 49.8 Å². The Hall–Kier alpha value is -2.30. The van der Waals surface area contributed by atoms with Gasteiger partial charge in [-0.15, -0.1) is 0 Å². The van der Waals surface area contributed by atoms with Gasteiger partial charge in [0.15, 0.2) is 0 Å². The monoisotopic (exact) mass is 426 g/mol. The molecule has 29 heavy (non-hydrogen) atoms. The molecule has 0 aliphatic carbocycles. The summed E-state index contributed by atoms with van der Waals surface area (Å²) in [4.78, 5) is 9.07. The summed E-state index contributed by atoms with van der Waals surface area (Å²) >= 11 is 12.2. The number of anilines is 3. The van der Waals surface area contributed by atoms with E-state index in [-0.39, 0.29) is 5.54 Å². The van der Waals surface area contributed by atoms with Gasteiger partial charge in [-0.3, -0.25) is 0 Å². The fraction of sp³-hybridized carbons (Fsp3) is 0.304. The summed E-state index contributed by atoms with van der Waals surface area (Å²) in [6.45, 7) is 8.92. The van der Waals surface area contributed by atoms with Gasteiger partial charge in [0, 0.05) is 38.7 Å². The van der Waals surface area contributed by atoms with Gasteiger partial charge in [-0.1, -0.05) is 36.2 Å². The second-order valence-corrected chi connectivity index (χ2v) is 9.29. The quantitative estimate of drug-likeness (QED) is 0.464. The lowest BCUT2D eigenvalue weighted by atomic mass is 9.80. The zero-order chi connectivity index (χ0) is 20.8. The van der Waals surface area contributed by atoms with Crippen LogP contribution in [-0.4, -0.2) is 15.5 Å². The summed E-state index contributed by atoms with van der Waals surface area (Å²) in [5, 5.41) is 7.99. The fourth-order valence-electron chi connectivity index (χ4n) is 4.14. The fourth-order valence-corrected chi connectivity index (χ4v) is 4.66. The van der Waals surface area contributed by atoms with Crippen molar-refractivity contribution in [1.82, 2.24) is 9.97 Å². The van der Waals surface area contributed by atoms with Crippen molar-refractivity contribution >= 4 is 40.5 Å². The highest BCUT2D eigenvalue weighted by atomic mass is 35.5. The highest BCUT2D eigenvalue weighted by Crippen LogP contribution is 2.41. The minimum Gasteiger partial charge on any atom is -0.380 e. The van der Waals surface area contributed by atoms with Gasteiger partial charge in [0.05, 0.1) is 5.69 Å². The maximum absolute atomic E-state index is 6.09. The highest BCUT2D eigenvalue weighted by Gasteiger charge is 2.29. The van der Waals surface area contributed by atoms with E-state index >= 15 is 0 Å². The Labute approximate surface area is 181 Å². The van der Waals surface area contributed by atoms with E-state index in [1.165, 1.54) is 16.8 Å². The largest absolute Gasteiger partial charge is 0.380 e. The number of nitrogens with one attached hydrogen (secondary N) is 2. The second kappa shape index (κ2) is 7.51. The van der Waals surface area contributed by atoms with Gasteiger partial charge in [-0.2, -0.15) is 0 Å². The molecule has 0 bridgehead atoms. The van der Waals surface area contributed by atoms with Gasteiger partial charge in [-0.25, -0.2) is 9.97 Å². The Morgan fingerprint density at radius 3 is 2.55 bits per heavy atom. The minimum absolute atomic E-state index is 0.0726. The van der Waals surface area contributed by atoms with Gasteiger partial charge < -0.3 is 10.6 Å². The lowest BCUT2D eigenvalue weighted by molar-refractivity contribution is 0.454. The van der Waals surface area contributed by atoms with Gasteiger partial charge >= 0.3 is 0 Å². The van der Waals surface area contributed by atoms with E-state index in [2.05, 4.69) is 55.4 Å². The molecule has 1 aliphatic rings. The Bertz CT molecular complexity index is 1060. The molecule has 3 aromatic rings. The Kier molecular flexibility index (Phi) is 5.18. The van der Waals surface area contributed by atoms with Gasteiger partial charge in [0.2, 0.25) is 5.95 Å². The van der Waals surface area contributed by atoms with E-state index in [4.69, 9.17) is 28.2 Å². The number of halogens is 2. The van der Waals surface area contributed by atoms with E-state index in [1.54, 1.807) is 24.4 Å². The minimum atomic E-state index is 0.0726. The summed E-state index contributed by atoms with van der Waals surface area (Å²) in [5.74, 6) is 1.02. The van der Waals surface area contributed by atoms with Crippen LogP contribution in [0.2, 0.25) is 10.0 Å². The summed E-state index contributed by atoms with van der Waals surface area (Å²) < 4.78 is 0. The van der Waals surface area contributed by atoms with Crippen LogP contribution in [0.3, 0.4) is 0 Å². The maximum Gasteiger partial charge on any atom is 0.227 e. The number of nitrogens with zero attached hydrogens (tertiary/aromatic N) is 2. The molecule has 0 spiro atoms. The Morgan fingerprint density at radius 2 is 1.83 bits per heavy atom. The third kappa shape index (κ3) is 4.34. The molecule has 1 aliphatic heterocycles. The van der Waals surface area contributed by atoms with Crippen LogP contribution in [0.25, 0.3) is 11.3 Å². The highest BCUT2D eigenvalue weighted by molar-refractivity contribution is 6.35. The van der Waals surface area contributed by atoms with Gasteiger partial charge in [0.1, 0.15) is 0 Å². The number of fused-ring (bicyclic) bond motifs is 1. The molecule has 4 rings (SSSR count). The molecule has 0 saturated heterocycles. The summed E-state index contributed by atoms with van der Waals surface area (Å²) in [7, 11) is 0. The molecule has 4 nitrogen and oxygen atoms in total. The number of benzene rings is 2. The molecule has 6 heteroatoms. The third-order valence-electron chi connectivity index (χ3n) is 5.27. The normalized spacial score (nSPS) is 17.4. The molecule has 0 saturated carbocycles. The van der Waals surface area contributed by atoms with Crippen molar-refractivity contribution in [3.8, 4) is 11.3 Å². The maximum atomic E-state index is 6.09. The van der Waals surface area contributed by atoms with Crippen LogP contribution in [-0.2, 0) is 0 Å². The first kappa shape index (κ1) is 20.0. The molecule has 0 radical (unpaired) electrons. The number of hydrogen-bond acceptors (Lipinski definition) is 4. The van der Waals surface area contributed by atoms with Crippen LogP contribution >= 0.6 is 23.2 Å². The first-order valence-corrected chi connectivity index (χ1v) is 10.4. The van der Waals surface area contributed by atoms with Crippen LogP contribution in [0, 0.1) is 6.92 Å². The molecule has 0 fully saturated rings. The zero-order valence-corrected chi connectivity index (χ0v) is 18.5. The van der Waals surface area contributed by atoms with Crippen molar-refractivity contribution in [2.75, 3.05) is 10.6 Å². The van der Waals surface area contributed by atoms with Crippen molar-refractivity contribution in [1.29, 1.82) is 0 Å². The number of hydrogen-bond donors (Lipinski definition) is 2. The SMILES string of the molecule is Cc1cc2c(cc1-c1ccnc(Nc3cc(Cl)cc(Cl)c3)n1)NC(C)(C)CC2C. The van der Waals surface area contributed by atoms with Crippen molar-refractivity contribution in [2.24, 2.45) is 0 Å². The molecular formula is C23H24Cl2N4. The Balaban J connectivity index is 1.70. The summed E-state index contributed by atoms with van der Waals surface area (Å²) in [6, 6.07) is 11.7. The number of aryl methyl sites for hydroxylation is 1. The van der Waals surface area contributed by atoms with E-state index < -0.39 is 0 Å². The zero-order valence-electron chi connectivity index (χ0n) is 17.0. The van der Waals surface area contributed by atoms with Crippen LogP contribution in [0.1, 0.15) is 44.2 Å². The predicted molar refractivity (Wildman–Crippen MR) is 123 cm³/mol. The third-order valence-corrected chi connectivity index (χ3v) is 5.70. The van der Waals surface area contributed by atoms with E-state index in [1.807, 2.05) is 6.07 Å². The average molecular weight is 427 g/mol. The standard InChI is InChI=1S/C23H24Cl2N4/c1-13-7-18-14(2)12-23(3,4)29-21(18)11-19(13)20-5-6-26-22(28-20)27-17-9-15(24)8-16(25)10-17/h5-11,14,29H,12H2,1-4H3,(H,26,27,28). The van der Waals surface area contributed by atoms with Crippen LogP contribution in [0.5, 0.6) is 0 Å². The molecule has 1 atom stereocenters. The summed E-state index contributed by atoms with van der Waals surface area (Å²) in [5.41, 5.74) is 6.54. The molecule has 2 aromatic carbocycles. The first-order valence-electron chi connectivity index (χ1n) is 9.69. The van der Waals surface area contributed by atoms with Crippen LogP contribution in [0.15, 0.2) is 42.6 Å². The van der Waals surface area contributed by atoms with E-state index in [9.17, 15) is 0 Å². The number of aromatic nitrogens is 2. The molecule has 1 unspecified atom stereocenters. The second-order valence-electron chi connectivity index (χ2n) is 8.42. The molecule has 0 amide bonds. The van der Waals surface area contributed by atoms with Gasteiger partial charge in [-0.05, 0) is 74.6 Å². The van der Waals surface area contributed by atoms with Crippen molar-refractivity contribution in [2.45, 2.75) is 45.6 Å². The number of rotatable bonds is 3. The van der Waals surface area contributed by atoms with Crippen molar-refractivity contribution in [3.63, 3.8) is 0 Å². The summed E-state index contributed by atoms with van der Waals surface area (Å²) in [6.07, 6.45) is 2.87. The molecule has 2 N–H and O–H groups in total. The van der Waals surface area contributed by atoms with E-state index in [0.717, 1.165) is 23.4 Å². The lowest BCUT2D eigenvalue weighted by Crippen LogP contribution is -2.36. The molecule has 1 aromatic heterocycles. The predicted octanol–water partition coefficient (Wildman–Crippen LogP) is 7.20. The Morgan fingerprint density at radius 1 is 1.10 bits per heavy atom. The van der Waals surface area contributed by atoms with Gasteiger partial charge in [0.25, 0.3) is 0 Å². The van der Waals surface area contributed by atoms with Crippen LogP contribution in [0.4, 0.5) is 17.3 Å². The van der Waals surface area contributed by atoms with Crippen molar-refractivity contribution < 1.29 is 0 Å². The molecular weight excluding hydrogens is 403 g/mol. The average Bonchev–Trinajstić information content (AvgIpc) is 2.60. The van der Waals surface area contributed by atoms with E-state index in [0.29, 0.717) is 21.9 Å². The van der Waals surface area contributed by atoms with Crippen molar-refractivity contribution in [3.05, 3.63) is 63.8 Å². The molecule has 150 valence electrons. The lowest BCUT2D eigenvalue weighted by Gasteiger charge is -2.38. The smallest absolute Gasteiger partial charge is 0.227 e. The first-order chi connectivity index (χ1) is 13.7. The molecule has 2 heterocycles. The van der Waals surface area contributed by atoms with Crippen LogP contribution < -0.4 is 10.6 Å².